The number of hydrogen-bond donors (Lipinski definition) is 1. The molecule has 0 radical (unpaired) electrons. The zero-order valence-corrected chi connectivity index (χ0v) is 16.1. The molecule has 1 aromatic heterocycles. The van der Waals surface area contributed by atoms with E-state index in [4.69, 9.17) is 5.73 Å². The Morgan fingerprint density at radius 3 is 2.56 bits per heavy atom. The molecule has 1 atom stereocenters. The summed E-state index contributed by atoms with van der Waals surface area (Å²) < 4.78 is 25.5. The summed E-state index contributed by atoms with van der Waals surface area (Å²) in [6.45, 7) is 1.12. The molecular formula is C17H21ClN2O3S2. The number of nitrogens with zero attached hydrogens (tertiary/aromatic N) is 1. The van der Waals surface area contributed by atoms with E-state index in [-0.39, 0.29) is 33.5 Å². The van der Waals surface area contributed by atoms with Gasteiger partial charge in [0.05, 0.1) is 9.77 Å². The van der Waals surface area contributed by atoms with E-state index in [1.165, 1.54) is 6.07 Å². The third-order valence-corrected chi connectivity index (χ3v) is 7.61. The first-order valence-corrected chi connectivity index (χ1v) is 10.2. The van der Waals surface area contributed by atoms with Crippen molar-refractivity contribution in [2.45, 2.75) is 34.4 Å². The second-order valence-corrected chi connectivity index (χ2v) is 9.08. The first kappa shape index (κ1) is 19.9. The molecule has 0 saturated carbocycles. The Hall–Kier alpha value is -1.41. The SMILES string of the molecule is Cl.NCC1CCCCN1C(=O)c1ccc(S(=O)(=O)c2ccccc2)s1. The van der Waals surface area contributed by atoms with Gasteiger partial charge in [0.1, 0.15) is 4.21 Å². The number of piperidine rings is 1. The van der Waals surface area contributed by atoms with Crippen LogP contribution in [0.2, 0.25) is 0 Å². The molecule has 1 unspecified atom stereocenters. The summed E-state index contributed by atoms with van der Waals surface area (Å²) in [4.78, 5) is 15.2. The summed E-state index contributed by atoms with van der Waals surface area (Å²) in [6.07, 6.45) is 2.94. The van der Waals surface area contributed by atoms with Crippen molar-refractivity contribution in [3.63, 3.8) is 0 Å². The second-order valence-electron chi connectivity index (χ2n) is 5.82. The van der Waals surface area contributed by atoms with Crippen LogP contribution in [-0.4, -0.2) is 38.4 Å². The summed E-state index contributed by atoms with van der Waals surface area (Å²) in [5.74, 6) is -0.121. The molecule has 8 heteroatoms. The van der Waals surface area contributed by atoms with Crippen LogP contribution in [0.1, 0.15) is 28.9 Å². The number of carbonyl (C=O) groups excluding carboxylic acids is 1. The maximum absolute atomic E-state index is 12.7. The number of sulfone groups is 1. The average molecular weight is 401 g/mol. The predicted molar refractivity (Wildman–Crippen MR) is 101 cm³/mol. The van der Waals surface area contributed by atoms with Gasteiger partial charge in [0.15, 0.2) is 0 Å². The monoisotopic (exact) mass is 400 g/mol. The van der Waals surface area contributed by atoms with Crippen LogP contribution < -0.4 is 5.73 Å². The van der Waals surface area contributed by atoms with E-state index in [0.717, 1.165) is 30.6 Å². The molecule has 1 fully saturated rings. The number of rotatable bonds is 4. The minimum absolute atomic E-state index is 0. The van der Waals surface area contributed by atoms with Crippen LogP contribution in [0.5, 0.6) is 0 Å². The highest BCUT2D eigenvalue weighted by molar-refractivity contribution is 7.93. The first-order chi connectivity index (χ1) is 11.5. The van der Waals surface area contributed by atoms with Gasteiger partial charge >= 0.3 is 0 Å². The molecular weight excluding hydrogens is 380 g/mol. The Morgan fingerprint density at radius 1 is 1.16 bits per heavy atom. The van der Waals surface area contributed by atoms with Crippen molar-refractivity contribution in [2.75, 3.05) is 13.1 Å². The van der Waals surface area contributed by atoms with Gasteiger partial charge in [-0.1, -0.05) is 18.2 Å². The van der Waals surface area contributed by atoms with Gasteiger partial charge in [-0.05, 0) is 43.5 Å². The molecule has 2 heterocycles. The van der Waals surface area contributed by atoms with Crippen molar-refractivity contribution in [2.24, 2.45) is 5.73 Å². The minimum Gasteiger partial charge on any atom is -0.334 e. The molecule has 2 N–H and O–H groups in total. The fourth-order valence-electron chi connectivity index (χ4n) is 2.95. The highest BCUT2D eigenvalue weighted by Crippen LogP contribution is 2.29. The van der Waals surface area contributed by atoms with Gasteiger partial charge in [-0.3, -0.25) is 4.79 Å². The fourth-order valence-corrected chi connectivity index (χ4v) is 5.64. The fraction of sp³-hybridized carbons (Fsp3) is 0.353. The minimum atomic E-state index is -3.58. The topological polar surface area (TPSA) is 80.5 Å². The lowest BCUT2D eigenvalue weighted by atomic mass is 10.0. The van der Waals surface area contributed by atoms with Crippen LogP contribution in [0, 0.1) is 0 Å². The molecule has 25 heavy (non-hydrogen) atoms. The number of likely N-dealkylation sites (tertiary alicyclic amines) is 1. The molecule has 1 amide bonds. The Kier molecular flexibility index (Phi) is 6.62. The van der Waals surface area contributed by atoms with Crippen molar-refractivity contribution >= 4 is 39.5 Å². The third-order valence-electron chi connectivity index (χ3n) is 4.27. The Labute approximate surface area is 158 Å². The van der Waals surface area contributed by atoms with Crippen molar-refractivity contribution in [3.8, 4) is 0 Å². The number of halogens is 1. The quantitative estimate of drug-likeness (QED) is 0.855. The summed E-state index contributed by atoms with van der Waals surface area (Å²) in [6, 6.07) is 11.4. The van der Waals surface area contributed by atoms with Crippen LogP contribution in [0.4, 0.5) is 0 Å². The van der Waals surface area contributed by atoms with Crippen molar-refractivity contribution in [1.29, 1.82) is 0 Å². The summed E-state index contributed by atoms with van der Waals surface area (Å²) in [5, 5.41) is 0. The van der Waals surface area contributed by atoms with Crippen LogP contribution in [0.15, 0.2) is 51.6 Å². The number of amides is 1. The Bertz CT molecular complexity index is 821. The summed E-state index contributed by atoms with van der Waals surface area (Å²) in [5.41, 5.74) is 5.77. The zero-order chi connectivity index (χ0) is 17.2. The highest BCUT2D eigenvalue weighted by Gasteiger charge is 2.29. The molecule has 3 rings (SSSR count). The molecule has 0 aliphatic carbocycles. The van der Waals surface area contributed by atoms with Crippen LogP contribution in [0.3, 0.4) is 0 Å². The number of nitrogens with two attached hydrogens (primary N) is 1. The number of carbonyl (C=O) groups is 1. The molecule has 0 bridgehead atoms. The van der Waals surface area contributed by atoms with E-state index in [2.05, 4.69) is 0 Å². The van der Waals surface area contributed by atoms with E-state index in [9.17, 15) is 13.2 Å². The standard InChI is InChI=1S/C17H20N2O3S2.ClH/c18-12-13-6-4-5-11-19(13)17(20)15-9-10-16(23-15)24(21,22)14-7-2-1-3-8-14;/h1-3,7-10,13H,4-6,11-12,18H2;1H. The van der Waals surface area contributed by atoms with E-state index in [1.807, 2.05) is 0 Å². The maximum Gasteiger partial charge on any atom is 0.264 e. The molecule has 1 aliphatic heterocycles. The molecule has 0 spiro atoms. The number of hydrogen-bond acceptors (Lipinski definition) is 5. The van der Waals surface area contributed by atoms with Gasteiger partial charge in [-0.15, -0.1) is 23.7 Å². The van der Waals surface area contributed by atoms with Gasteiger partial charge in [-0.2, -0.15) is 0 Å². The van der Waals surface area contributed by atoms with Crippen LogP contribution >= 0.6 is 23.7 Å². The summed E-state index contributed by atoms with van der Waals surface area (Å²) >= 11 is 1.03. The summed E-state index contributed by atoms with van der Waals surface area (Å²) in [7, 11) is -3.58. The number of benzene rings is 1. The average Bonchev–Trinajstić information content (AvgIpc) is 3.13. The van der Waals surface area contributed by atoms with Gasteiger partial charge in [0, 0.05) is 19.1 Å². The lowest BCUT2D eigenvalue weighted by Crippen LogP contribution is -2.47. The molecule has 136 valence electrons. The van der Waals surface area contributed by atoms with Gasteiger partial charge < -0.3 is 10.6 Å². The Morgan fingerprint density at radius 2 is 1.88 bits per heavy atom. The van der Waals surface area contributed by atoms with Crippen LogP contribution in [0.25, 0.3) is 0 Å². The normalized spacial score (nSPS) is 17.8. The van der Waals surface area contributed by atoms with Crippen molar-refractivity contribution in [3.05, 3.63) is 47.3 Å². The van der Waals surface area contributed by atoms with Crippen LogP contribution in [-0.2, 0) is 9.84 Å². The zero-order valence-electron chi connectivity index (χ0n) is 13.6. The van der Waals surface area contributed by atoms with Gasteiger partial charge in [0.2, 0.25) is 9.84 Å². The number of thiophene rings is 1. The lowest BCUT2D eigenvalue weighted by molar-refractivity contribution is 0.0628. The molecule has 5 nitrogen and oxygen atoms in total. The molecule has 1 saturated heterocycles. The van der Waals surface area contributed by atoms with E-state index in [1.54, 1.807) is 41.3 Å². The van der Waals surface area contributed by atoms with Crippen molar-refractivity contribution < 1.29 is 13.2 Å². The molecule has 1 aromatic carbocycles. The highest BCUT2D eigenvalue weighted by atomic mass is 35.5. The maximum atomic E-state index is 12.7. The van der Waals surface area contributed by atoms with Gasteiger partial charge in [0.25, 0.3) is 5.91 Å². The largest absolute Gasteiger partial charge is 0.334 e. The second kappa shape index (κ2) is 8.31. The molecule has 1 aliphatic rings. The first-order valence-electron chi connectivity index (χ1n) is 7.95. The molecule has 2 aromatic rings. The van der Waals surface area contributed by atoms with Crippen molar-refractivity contribution in [1.82, 2.24) is 4.90 Å². The smallest absolute Gasteiger partial charge is 0.264 e. The van der Waals surface area contributed by atoms with Gasteiger partial charge in [-0.25, -0.2) is 8.42 Å². The van der Waals surface area contributed by atoms with E-state index in [0.29, 0.717) is 18.0 Å². The van der Waals surface area contributed by atoms with E-state index < -0.39 is 9.84 Å². The predicted octanol–water partition coefficient (Wildman–Crippen LogP) is 2.96. The Balaban J connectivity index is 0.00000225. The lowest BCUT2D eigenvalue weighted by Gasteiger charge is -2.34. The van der Waals surface area contributed by atoms with E-state index >= 15 is 0 Å². The third kappa shape index (κ3) is 4.06.